The van der Waals surface area contributed by atoms with Crippen LogP contribution in [0.25, 0.3) is 5.69 Å². The molecule has 0 spiro atoms. The van der Waals surface area contributed by atoms with Crippen LogP contribution in [-0.4, -0.2) is 63.3 Å². The summed E-state index contributed by atoms with van der Waals surface area (Å²) in [5.41, 5.74) is 0.925. The van der Waals surface area contributed by atoms with Crippen LogP contribution in [0.5, 0.6) is 0 Å². The van der Waals surface area contributed by atoms with Crippen molar-refractivity contribution in [1.82, 2.24) is 19.7 Å². The Labute approximate surface area is 157 Å². The molecule has 0 N–H and O–H groups in total. The van der Waals surface area contributed by atoms with Crippen molar-refractivity contribution in [3.05, 3.63) is 36.7 Å². The number of para-hydroxylation sites is 1. The summed E-state index contributed by atoms with van der Waals surface area (Å²) < 4.78 is 25.3. The molecule has 1 aromatic carbocycles. The van der Waals surface area contributed by atoms with Crippen LogP contribution in [0.4, 0.5) is 0 Å². The number of rotatable bonds is 6. The maximum absolute atomic E-state index is 12.9. The summed E-state index contributed by atoms with van der Waals surface area (Å²) in [5.74, 6) is 0.150. The van der Waals surface area contributed by atoms with E-state index in [0.29, 0.717) is 18.1 Å². The van der Waals surface area contributed by atoms with Crippen molar-refractivity contribution in [2.24, 2.45) is 0 Å². The lowest BCUT2D eigenvalue weighted by molar-refractivity contribution is -0.131. The van der Waals surface area contributed by atoms with Gasteiger partial charge in [0.05, 0.1) is 16.8 Å². The molecule has 1 amide bonds. The summed E-state index contributed by atoms with van der Waals surface area (Å²) in [6.07, 6.45) is 2.13. The second-order valence-corrected chi connectivity index (χ2v) is 9.80. The van der Waals surface area contributed by atoms with E-state index >= 15 is 0 Å². The van der Waals surface area contributed by atoms with Crippen molar-refractivity contribution < 1.29 is 13.2 Å². The molecule has 7 nitrogen and oxygen atoms in total. The highest BCUT2D eigenvalue weighted by Crippen LogP contribution is 2.27. The molecule has 1 aliphatic heterocycles. The van der Waals surface area contributed by atoms with Crippen LogP contribution in [0.3, 0.4) is 0 Å². The van der Waals surface area contributed by atoms with Gasteiger partial charge in [-0.05, 0) is 32.4 Å². The molecule has 1 aliphatic rings. The minimum absolute atomic E-state index is 0.0597. The maximum atomic E-state index is 12.9. The summed E-state index contributed by atoms with van der Waals surface area (Å²) in [6.45, 7) is 4.20. The van der Waals surface area contributed by atoms with E-state index in [4.69, 9.17) is 0 Å². The highest BCUT2D eigenvalue weighted by atomic mass is 32.2. The maximum Gasteiger partial charge on any atom is 0.236 e. The first kappa shape index (κ1) is 18.9. The number of carbonyl (C=O) groups is 1. The summed E-state index contributed by atoms with van der Waals surface area (Å²) >= 11 is 1.33. The minimum atomic E-state index is -3.03. The number of hydrogen-bond acceptors (Lipinski definition) is 6. The Hall–Kier alpha value is -1.87. The second-order valence-electron chi connectivity index (χ2n) is 6.26. The zero-order valence-electron chi connectivity index (χ0n) is 14.8. The fourth-order valence-corrected chi connectivity index (χ4v) is 5.77. The summed E-state index contributed by atoms with van der Waals surface area (Å²) in [4.78, 5) is 14.6. The van der Waals surface area contributed by atoms with Gasteiger partial charge in [-0.3, -0.25) is 9.36 Å². The molecule has 26 heavy (non-hydrogen) atoms. The number of thioether (sulfide) groups is 1. The molecule has 9 heteroatoms. The smallest absolute Gasteiger partial charge is 0.236 e. The van der Waals surface area contributed by atoms with E-state index in [2.05, 4.69) is 10.2 Å². The Kier molecular flexibility index (Phi) is 5.67. The van der Waals surface area contributed by atoms with Crippen molar-refractivity contribution in [3.8, 4) is 5.69 Å². The van der Waals surface area contributed by atoms with Crippen molar-refractivity contribution in [1.29, 1.82) is 0 Å². The molecule has 0 saturated carbocycles. The topological polar surface area (TPSA) is 85.2 Å². The molecule has 2 aromatic rings. The normalized spacial score (nSPS) is 20.0. The van der Waals surface area contributed by atoms with Gasteiger partial charge < -0.3 is 4.90 Å². The first-order chi connectivity index (χ1) is 12.4. The van der Waals surface area contributed by atoms with Crippen molar-refractivity contribution >= 4 is 27.5 Å². The second kappa shape index (κ2) is 7.79. The van der Waals surface area contributed by atoms with E-state index < -0.39 is 9.84 Å². The zero-order chi connectivity index (χ0) is 18.7. The number of amides is 1. The molecule has 140 valence electrons. The molecule has 0 radical (unpaired) electrons. The first-order valence-electron chi connectivity index (χ1n) is 8.54. The Morgan fingerprint density at radius 2 is 2.12 bits per heavy atom. The SMILES string of the molecule is CCN(C(=O)[C@@H](C)Sc1nncn1-c1ccccc1)[C@H]1CCS(=O)(=O)C1. The van der Waals surface area contributed by atoms with E-state index in [0.717, 1.165) is 5.69 Å². The Bertz CT molecular complexity index is 867. The van der Waals surface area contributed by atoms with Gasteiger partial charge in [-0.25, -0.2) is 8.42 Å². The number of aromatic nitrogens is 3. The predicted molar refractivity (Wildman–Crippen MR) is 101 cm³/mol. The molecule has 0 unspecified atom stereocenters. The third kappa shape index (κ3) is 4.09. The average Bonchev–Trinajstić information content (AvgIpc) is 3.22. The van der Waals surface area contributed by atoms with Gasteiger partial charge in [0.1, 0.15) is 6.33 Å². The van der Waals surface area contributed by atoms with E-state index in [1.807, 2.05) is 48.7 Å². The lowest BCUT2D eigenvalue weighted by Crippen LogP contribution is -2.44. The fraction of sp³-hybridized carbons (Fsp3) is 0.471. The lowest BCUT2D eigenvalue weighted by atomic mass is 10.2. The Balaban J connectivity index is 1.73. The van der Waals surface area contributed by atoms with Crippen LogP contribution in [0.2, 0.25) is 0 Å². The lowest BCUT2D eigenvalue weighted by Gasteiger charge is -2.29. The molecule has 2 atom stereocenters. The third-order valence-corrected chi connectivity index (χ3v) is 7.25. The van der Waals surface area contributed by atoms with Crippen LogP contribution in [0, 0.1) is 0 Å². The highest BCUT2D eigenvalue weighted by molar-refractivity contribution is 8.00. The molecule has 3 rings (SSSR count). The van der Waals surface area contributed by atoms with Gasteiger partial charge in [-0.2, -0.15) is 0 Å². The van der Waals surface area contributed by atoms with Crippen molar-refractivity contribution in [2.45, 2.75) is 36.7 Å². The van der Waals surface area contributed by atoms with Crippen molar-refractivity contribution in [2.75, 3.05) is 18.1 Å². The molecule has 1 saturated heterocycles. The van der Waals surface area contributed by atoms with Gasteiger partial charge in [0, 0.05) is 18.3 Å². The van der Waals surface area contributed by atoms with E-state index in [1.54, 1.807) is 11.2 Å². The molecule has 0 bridgehead atoms. The standard InChI is InChI=1S/C17H22N4O3S2/c1-3-20(15-9-10-26(23,24)11-15)16(22)13(2)25-17-19-18-12-21(17)14-7-5-4-6-8-14/h4-8,12-13,15H,3,9-11H2,1-2H3/t13-,15+/m1/s1. The van der Waals surface area contributed by atoms with Gasteiger partial charge in [-0.1, -0.05) is 30.0 Å². The molecule has 1 aromatic heterocycles. The summed E-state index contributed by atoms with van der Waals surface area (Å²) in [7, 11) is -3.03. The van der Waals surface area contributed by atoms with Gasteiger partial charge >= 0.3 is 0 Å². The molecule has 1 fully saturated rings. The van der Waals surface area contributed by atoms with Crippen molar-refractivity contribution in [3.63, 3.8) is 0 Å². The monoisotopic (exact) mass is 394 g/mol. The highest BCUT2D eigenvalue weighted by Gasteiger charge is 2.35. The number of nitrogens with zero attached hydrogens (tertiary/aromatic N) is 4. The number of benzene rings is 1. The molecular weight excluding hydrogens is 372 g/mol. The van der Waals surface area contributed by atoms with Crippen LogP contribution in [-0.2, 0) is 14.6 Å². The van der Waals surface area contributed by atoms with Crippen LogP contribution in [0.1, 0.15) is 20.3 Å². The van der Waals surface area contributed by atoms with Gasteiger partial charge in [-0.15, -0.1) is 10.2 Å². The summed E-state index contributed by atoms with van der Waals surface area (Å²) in [6, 6.07) is 9.45. The number of carbonyl (C=O) groups excluding carboxylic acids is 1. The number of sulfone groups is 1. The molecular formula is C17H22N4O3S2. The largest absolute Gasteiger partial charge is 0.338 e. The Morgan fingerprint density at radius 3 is 2.73 bits per heavy atom. The van der Waals surface area contributed by atoms with Gasteiger partial charge in [0.2, 0.25) is 5.91 Å². The third-order valence-electron chi connectivity index (χ3n) is 4.45. The fourth-order valence-electron chi connectivity index (χ4n) is 3.13. The van der Waals surface area contributed by atoms with Crippen LogP contribution < -0.4 is 0 Å². The predicted octanol–water partition coefficient (Wildman–Crippen LogP) is 1.78. The van der Waals surface area contributed by atoms with Crippen LogP contribution >= 0.6 is 11.8 Å². The van der Waals surface area contributed by atoms with E-state index in [9.17, 15) is 13.2 Å². The minimum Gasteiger partial charge on any atom is -0.338 e. The van der Waals surface area contributed by atoms with E-state index in [1.165, 1.54) is 11.8 Å². The van der Waals surface area contributed by atoms with Crippen LogP contribution in [0.15, 0.2) is 41.8 Å². The Morgan fingerprint density at radius 1 is 1.38 bits per heavy atom. The van der Waals surface area contributed by atoms with Gasteiger partial charge in [0.15, 0.2) is 15.0 Å². The molecule has 0 aliphatic carbocycles. The van der Waals surface area contributed by atoms with E-state index in [-0.39, 0.29) is 28.7 Å². The summed E-state index contributed by atoms with van der Waals surface area (Å²) in [5, 5.41) is 8.34. The first-order valence-corrected chi connectivity index (χ1v) is 11.2. The zero-order valence-corrected chi connectivity index (χ0v) is 16.4. The van der Waals surface area contributed by atoms with Gasteiger partial charge in [0.25, 0.3) is 0 Å². The number of hydrogen-bond donors (Lipinski definition) is 0. The average molecular weight is 395 g/mol. The quantitative estimate of drug-likeness (QED) is 0.695. The molecule has 2 heterocycles.